The largest absolute Gasteiger partial charge is 0.270 e. The number of hydrogen-bond donors (Lipinski definition) is 0. The van der Waals surface area contributed by atoms with Gasteiger partial charge in [0.1, 0.15) is 0 Å². The molecule has 0 aliphatic rings. The Bertz CT molecular complexity index is 650. The normalized spacial score (nSPS) is 14.7. The van der Waals surface area contributed by atoms with Gasteiger partial charge in [-0.25, -0.2) is 0 Å². The van der Waals surface area contributed by atoms with Crippen molar-refractivity contribution in [2.45, 2.75) is 65.2 Å². The van der Waals surface area contributed by atoms with Crippen molar-refractivity contribution in [3.8, 4) is 0 Å². The van der Waals surface area contributed by atoms with Crippen LogP contribution in [0.5, 0.6) is 0 Å². The highest BCUT2D eigenvalue weighted by Crippen LogP contribution is 2.11. The molecule has 0 saturated carbocycles. The van der Waals surface area contributed by atoms with Crippen molar-refractivity contribution < 1.29 is 12.6 Å². The van der Waals surface area contributed by atoms with E-state index in [2.05, 4.69) is 86.8 Å². The summed E-state index contributed by atoms with van der Waals surface area (Å²) < 4.78 is 26.9. The van der Waals surface area contributed by atoms with Gasteiger partial charge in [0.2, 0.25) is 0 Å². The van der Waals surface area contributed by atoms with Crippen LogP contribution in [0.25, 0.3) is 0 Å². The molecule has 0 aromatic rings. The predicted molar refractivity (Wildman–Crippen MR) is 127 cm³/mol. The second-order valence-corrected chi connectivity index (χ2v) is 8.56. The minimum absolute atomic E-state index is 0.245. The van der Waals surface area contributed by atoms with E-state index in [0.717, 1.165) is 57.6 Å². The molecular formula is C25H40O3S. The third kappa shape index (κ3) is 22.5. The highest BCUT2D eigenvalue weighted by molar-refractivity contribution is 7.85. The van der Waals surface area contributed by atoms with Gasteiger partial charge < -0.3 is 0 Å². The summed E-state index contributed by atoms with van der Waals surface area (Å²) in [6, 6.07) is 0. The van der Waals surface area contributed by atoms with Crippen LogP contribution in [0.3, 0.4) is 0 Å². The lowest BCUT2D eigenvalue weighted by Gasteiger charge is -2.11. The van der Waals surface area contributed by atoms with Crippen LogP contribution in [-0.2, 0) is 14.3 Å². The SMILES string of the molecule is CC/C=C\C/C=C\C/C=C\C/C=C\C/C=C\C/C=C\CC(CC)COS(C)(=O)=O. The first-order valence-electron chi connectivity index (χ1n) is 10.7. The van der Waals surface area contributed by atoms with Gasteiger partial charge in [-0.1, -0.05) is 93.2 Å². The van der Waals surface area contributed by atoms with E-state index >= 15 is 0 Å². The lowest BCUT2D eigenvalue weighted by atomic mass is 10.0. The highest BCUT2D eigenvalue weighted by Gasteiger charge is 2.08. The lowest BCUT2D eigenvalue weighted by molar-refractivity contribution is 0.253. The van der Waals surface area contributed by atoms with Crippen molar-refractivity contribution in [2.24, 2.45) is 5.92 Å². The average molecular weight is 421 g/mol. The molecule has 4 heteroatoms. The van der Waals surface area contributed by atoms with Crippen LogP contribution >= 0.6 is 0 Å². The summed E-state index contributed by atoms with van der Waals surface area (Å²) in [4.78, 5) is 0. The zero-order chi connectivity index (χ0) is 21.6. The van der Waals surface area contributed by atoms with Crippen molar-refractivity contribution in [2.75, 3.05) is 12.9 Å². The summed E-state index contributed by atoms with van der Waals surface area (Å²) >= 11 is 0. The van der Waals surface area contributed by atoms with Gasteiger partial charge in [-0.3, -0.25) is 4.18 Å². The molecular weight excluding hydrogens is 380 g/mol. The fraction of sp³-hybridized carbons (Fsp3) is 0.520. The van der Waals surface area contributed by atoms with Crippen LogP contribution in [-0.4, -0.2) is 21.3 Å². The molecule has 1 atom stereocenters. The Labute approximate surface area is 179 Å². The zero-order valence-corrected chi connectivity index (χ0v) is 19.3. The van der Waals surface area contributed by atoms with Gasteiger partial charge >= 0.3 is 0 Å². The zero-order valence-electron chi connectivity index (χ0n) is 18.5. The van der Waals surface area contributed by atoms with E-state index < -0.39 is 10.1 Å². The van der Waals surface area contributed by atoms with E-state index in [9.17, 15) is 8.42 Å². The molecule has 0 fully saturated rings. The standard InChI is InChI=1S/C25H40O3S/c1-4-6-7-8-9-10-11-12-13-14-15-16-17-18-19-20-21-22-23-25(5-2)24-28-29(3,26)27/h6-7,9-10,12-13,15-16,18-19,21-22,25H,4-5,8,11,14,17,20,23-24H2,1-3H3/b7-6-,10-9-,13-12-,16-15-,19-18-,22-21-. The van der Waals surface area contributed by atoms with E-state index in [1.807, 2.05) is 0 Å². The second-order valence-electron chi connectivity index (χ2n) is 6.91. The molecule has 164 valence electrons. The summed E-state index contributed by atoms with van der Waals surface area (Å²) in [6.45, 7) is 4.46. The molecule has 0 heterocycles. The molecule has 0 rings (SSSR count). The van der Waals surface area contributed by atoms with E-state index in [-0.39, 0.29) is 12.5 Å². The third-order valence-electron chi connectivity index (χ3n) is 4.16. The van der Waals surface area contributed by atoms with Crippen LogP contribution in [0.4, 0.5) is 0 Å². The molecule has 0 N–H and O–H groups in total. The highest BCUT2D eigenvalue weighted by atomic mass is 32.2. The van der Waals surface area contributed by atoms with E-state index in [4.69, 9.17) is 4.18 Å². The Morgan fingerprint density at radius 1 is 0.655 bits per heavy atom. The molecule has 3 nitrogen and oxygen atoms in total. The molecule has 0 spiro atoms. The molecule has 0 aliphatic carbocycles. The van der Waals surface area contributed by atoms with Crippen LogP contribution in [0.15, 0.2) is 72.9 Å². The third-order valence-corrected chi connectivity index (χ3v) is 4.73. The molecule has 0 aromatic carbocycles. The first-order chi connectivity index (χ1) is 14.0. The lowest BCUT2D eigenvalue weighted by Crippen LogP contribution is -2.12. The van der Waals surface area contributed by atoms with E-state index in [1.165, 1.54) is 0 Å². The van der Waals surface area contributed by atoms with Gasteiger partial charge in [0.05, 0.1) is 12.9 Å². The van der Waals surface area contributed by atoms with Crippen LogP contribution in [0.1, 0.15) is 65.2 Å². The molecule has 29 heavy (non-hydrogen) atoms. The second kappa shape index (κ2) is 19.7. The molecule has 0 aliphatic heterocycles. The number of allylic oxidation sites excluding steroid dienone is 12. The van der Waals surface area contributed by atoms with Gasteiger partial charge in [0.15, 0.2) is 0 Å². The first-order valence-corrected chi connectivity index (χ1v) is 12.6. The van der Waals surface area contributed by atoms with Gasteiger partial charge in [-0.05, 0) is 50.9 Å². The Morgan fingerprint density at radius 2 is 1.03 bits per heavy atom. The molecule has 0 radical (unpaired) electrons. The van der Waals surface area contributed by atoms with Gasteiger partial charge in [-0.15, -0.1) is 0 Å². The Balaban J connectivity index is 3.75. The minimum atomic E-state index is -3.34. The summed E-state index contributed by atoms with van der Waals surface area (Å²) in [5, 5.41) is 0. The number of rotatable bonds is 17. The Kier molecular flexibility index (Phi) is 18.5. The van der Waals surface area contributed by atoms with Crippen molar-refractivity contribution in [3.05, 3.63) is 72.9 Å². The first kappa shape index (κ1) is 27.4. The molecule has 0 amide bonds. The molecule has 1 unspecified atom stereocenters. The van der Waals surface area contributed by atoms with Gasteiger partial charge in [-0.2, -0.15) is 8.42 Å². The van der Waals surface area contributed by atoms with Crippen LogP contribution < -0.4 is 0 Å². The van der Waals surface area contributed by atoms with Crippen molar-refractivity contribution in [1.82, 2.24) is 0 Å². The summed E-state index contributed by atoms with van der Waals surface area (Å²) in [7, 11) is -3.34. The average Bonchev–Trinajstić information content (AvgIpc) is 2.68. The van der Waals surface area contributed by atoms with E-state index in [1.54, 1.807) is 0 Å². The monoisotopic (exact) mass is 420 g/mol. The van der Waals surface area contributed by atoms with Crippen molar-refractivity contribution in [3.63, 3.8) is 0 Å². The Morgan fingerprint density at radius 3 is 1.38 bits per heavy atom. The minimum Gasteiger partial charge on any atom is -0.270 e. The maximum absolute atomic E-state index is 11.0. The maximum Gasteiger partial charge on any atom is 0.264 e. The summed E-state index contributed by atoms with van der Waals surface area (Å²) in [5.74, 6) is 0.245. The maximum atomic E-state index is 11.0. The topological polar surface area (TPSA) is 43.4 Å². The van der Waals surface area contributed by atoms with E-state index in [0.29, 0.717) is 0 Å². The predicted octanol–water partition coefficient (Wildman–Crippen LogP) is 7.08. The van der Waals surface area contributed by atoms with Crippen LogP contribution in [0, 0.1) is 5.92 Å². The summed E-state index contributed by atoms with van der Waals surface area (Å²) in [6.07, 6.45) is 34.9. The fourth-order valence-electron chi connectivity index (χ4n) is 2.38. The van der Waals surface area contributed by atoms with Crippen molar-refractivity contribution in [1.29, 1.82) is 0 Å². The van der Waals surface area contributed by atoms with Gasteiger partial charge in [0.25, 0.3) is 10.1 Å². The van der Waals surface area contributed by atoms with Crippen molar-refractivity contribution >= 4 is 10.1 Å². The Hall–Kier alpha value is -1.65. The molecule has 0 aromatic heterocycles. The summed E-state index contributed by atoms with van der Waals surface area (Å²) in [5.41, 5.74) is 0. The van der Waals surface area contributed by atoms with Gasteiger partial charge in [0, 0.05) is 0 Å². The fourth-order valence-corrected chi connectivity index (χ4v) is 2.82. The smallest absolute Gasteiger partial charge is 0.264 e. The van der Waals surface area contributed by atoms with Crippen LogP contribution in [0.2, 0.25) is 0 Å². The molecule has 0 bridgehead atoms. The quantitative estimate of drug-likeness (QED) is 0.186. The molecule has 0 saturated heterocycles. The number of hydrogen-bond acceptors (Lipinski definition) is 3.